The topological polar surface area (TPSA) is 9.23 Å². The van der Waals surface area contributed by atoms with E-state index in [1.54, 1.807) is 11.6 Å². The van der Waals surface area contributed by atoms with Crippen molar-refractivity contribution in [1.82, 2.24) is 0 Å². The molecule has 2 aliphatic rings. The van der Waals surface area contributed by atoms with E-state index in [0.29, 0.717) is 23.7 Å². The summed E-state index contributed by atoms with van der Waals surface area (Å²) in [6, 6.07) is 5.81. The molecule has 0 spiro atoms. The Bertz CT molecular complexity index is 716. The van der Waals surface area contributed by atoms with Gasteiger partial charge in [0, 0.05) is 0 Å². The Hall–Kier alpha value is -1.31. The average Bonchev–Trinajstić information content (AvgIpc) is 2.85. The smallest absolute Gasteiger partial charge is 0.165 e. The first-order valence-electron chi connectivity index (χ1n) is 14.3. The van der Waals surface area contributed by atoms with Gasteiger partial charge in [-0.05, 0) is 99.7 Å². The molecule has 0 bridgehead atoms. The molecule has 186 valence electrons. The van der Waals surface area contributed by atoms with Crippen LogP contribution in [-0.4, -0.2) is 6.61 Å². The van der Waals surface area contributed by atoms with Crippen molar-refractivity contribution in [1.29, 1.82) is 0 Å². The Kier molecular flexibility index (Phi) is 11.3. The van der Waals surface area contributed by atoms with E-state index in [9.17, 15) is 4.39 Å². The van der Waals surface area contributed by atoms with Crippen molar-refractivity contribution in [2.24, 2.45) is 5.41 Å². The SMILES string of the molecule is CCCCCCC1(CCC(CC2=CCCCC2)c2ccc(OCCC)c(F)c2)CCCCC1. The molecular formula is C31H49FO. The molecule has 0 heterocycles. The van der Waals surface area contributed by atoms with Crippen molar-refractivity contribution in [3.63, 3.8) is 0 Å². The fourth-order valence-electron chi connectivity index (χ4n) is 6.23. The molecule has 0 radical (unpaired) electrons. The molecule has 1 saturated carbocycles. The number of allylic oxidation sites excluding steroid dienone is 2. The highest BCUT2D eigenvalue weighted by Gasteiger charge is 2.32. The molecule has 33 heavy (non-hydrogen) atoms. The molecule has 1 unspecified atom stereocenters. The first kappa shape index (κ1) is 26.3. The van der Waals surface area contributed by atoms with Gasteiger partial charge in [0.15, 0.2) is 11.6 Å². The summed E-state index contributed by atoms with van der Waals surface area (Å²) < 4.78 is 20.5. The van der Waals surface area contributed by atoms with Crippen LogP contribution in [-0.2, 0) is 0 Å². The quantitative estimate of drug-likeness (QED) is 0.200. The van der Waals surface area contributed by atoms with Crippen molar-refractivity contribution in [2.45, 2.75) is 135 Å². The number of unbranched alkanes of at least 4 members (excludes halogenated alkanes) is 3. The van der Waals surface area contributed by atoms with Gasteiger partial charge < -0.3 is 4.74 Å². The van der Waals surface area contributed by atoms with Gasteiger partial charge in [-0.2, -0.15) is 0 Å². The standard InChI is InChI=1S/C31H49FO/c1-3-5-6-11-19-31(20-12-8-13-21-31)22-18-28(24-26-14-9-7-10-15-26)27-16-17-30(29(32)25-27)33-23-4-2/h14,16-17,25,28H,3-13,15,18-24H2,1-2H3. The summed E-state index contributed by atoms with van der Waals surface area (Å²) in [5, 5.41) is 0. The average molecular weight is 457 g/mol. The minimum absolute atomic E-state index is 0.185. The van der Waals surface area contributed by atoms with Crippen molar-refractivity contribution >= 4 is 0 Å². The van der Waals surface area contributed by atoms with Crippen molar-refractivity contribution < 1.29 is 9.13 Å². The second-order valence-electron chi connectivity index (χ2n) is 11.0. The van der Waals surface area contributed by atoms with Crippen LogP contribution in [0.5, 0.6) is 5.75 Å². The van der Waals surface area contributed by atoms with E-state index in [4.69, 9.17) is 4.74 Å². The summed E-state index contributed by atoms with van der Waals surface area (Å²) >= 11 is 0. The van der Waals surface area contributed by atoms with Gasteiger partial charge >= 0.3 is 0 Å². The molecule has 1 aromatic rings. The third kappa shape index (κ3) is 8.45. The third-order valence-corrected chi connectivity index (χ3v) is 8.28. The molecule has 2 aliphatic carbocycles. The van der Waals surface area contributed by atoms with Crippen LogP contribution in [0.15, 0.2) is 29.8 Å². The van der Waals surface area contributed by atoms with E-state index >= 15 is 0 Å². The highest BCUT2D eigenvalue weighted by Crippen LogP contribution is 2.47. The van der Waals surface area contributed by atoms with Crippen molar-refractivity contribution in [3.05, 3.63) is 41.2 Å². The van der Waals surface area contributed by atoms with Gasteiger partial charge in [-0.1, -0.05) is 76.5 Å². The molecule has 2 heteroatoms. The van der Waals surface area contributed by atoms with Gasteiger partial charge in [-0.25, -0.2) is 4.39 Å². The molecule has 0 aromatic heterocycles. The number of rotatable bonds is 14. The van der Waals surface area contributed by atoms with E-state index in [2.05, 4.69) is 26.0 Å². The molecule has 1 fully saturated rings. The Morgan fingerprint density at radius 1 is 0.939 bits per heavy atom. The zero-order valence-electron chi connectivity index (χ0n) is 21.6. The lowest BCUT2D eigenvalue weighted by molar-refractivity contribution is 0.144. The minimum Gasteiger partial charge on any atom is -0.491 e. The minimum atomic E-state index is -0.185. The van der Waals surface area contributed by atoms with Crippen molar-refractivity contribution in [2.75, 3.05) is 6.61 Å². The second kappa shape index (κ2) is 14.2. The molecule has 3 rings (SSSR count). The Balaban J connectivity index is 1.72. The molecule has 0 amide bonds. The maximum absolute atomic E-state index is 14.9. The summed E-state index contributed by atoms with van der Waals surface area (Å²) in [7, 11) is 0. The summed E-state index contributed by atoms with van der Waals surface area (Å²) in [6.45, 7) is 4.94. The van der Waals surface area contributed by atoms with Gasteiger partial charge in [0.1, 0.15) is 0 Å². The van der Waals surface area contributed by atoms with Crippen LogP contribution in [0.2, 0.25) is 0 Å². The second-order valence-corrected chi connectivity index (χ2v) is 11.0. The first-order chi connectivity index (χ1) is 16.2. The largest absolute Gasteiger partial charge is 0.491 e. The third-order valence-electron chi connectivity index (χ3n) is 8.28. The lowest BCUT2D eigenvalue weighted by Crippen LogP contribution is -2.25. The van der Waals surface area contributed by atoms with Crippen LogP contribution in [0.1, 0.15) is 141 Å². The van der Waals surface area contributed by atoms with E-state index in [1.807, 2.05) is 6.07 Å². The van der Waals surface area contributed by atoms with Crippen LogP contribution in [0.25, 0.3) is 0 Å². The first-order valence-corrected chi connectivity index (χ1v) is 14.3. The number of hydrogen-bond acceptors (Lipinski definition) is 1. The number of halogens is 1. The summed E-state index contributed by atoms with van der Waals surface area (Å²) in [6.07, 6.45) is 26.0. The monoisotopic (exact) mass is 456 g/mol. The highest BCUT2D eigenvalue weighted by atomic mass is 19.1. The summed E-state index contributed by atoms with van der Waals surface area (Å²) in [4.78, 5) is 0. The van der Waals surface area contributed by atoms with Gasteiger partial charge in [0.25, 0.3) is 0 Å². The van der Waals surface area contributed by atoms with E-state index < -0.39 is 0 Å². The van der Waals surface area contributed by atoms with Crippen LogP contribution >= 0.6 is 0 Å². The van der Waals surface area contributed by atoms with Gasteiger partial charge in [0.2, 0.25) is 0 Å². The van der Waals surface area contributed by atoms with Gasteiger partial charge in [-0.15, -0.1) is 0 Å². The molecule has 0 aliphatic heterocycles. The predicted molar refractivity (Wildman–Crippen MR) is 140 cm³/mol. The molecule has 0 saturated heterocycles. The summed E-state index contributed by atoms with van der Waals surface area (Å²) in [5.41, 5.74) is 3.33. The van der Waals surface area contributed by atoms with Crippen molar-refractivity contribution in [3.8, 4) is 5.75 Å². The van der Waals surface area contributed by atoms with Crippen LogP contribution < -0.4 is 4.74 Å². The fourth-order valence-corrected chi connectivity index (χ4v) is 6.23. The number of ether oxygens (including phenoxy) is 1. The van der Waals surface area contributed by atoms with Gasteiger partial charge in [0.05, 0.1) is 6.61 Å². The highest BCUT2D eigenvalue weighted by molar-refractivity contribution is 5.32. The molecule has 0 N–H and O–H groups in total. The summed E-state index contributed by atoms with van der Waals surface area (Å²) in [5.74, 6) is 0.657. The van der Waals surface area contributed by atoms with E-state index in [0.717, 1.165) is 12.8 Å². The molecule has 1 nitrogen and oxygen atoms in total. The Morgan fingerprint density at radius 2 is 1.79 bits per heavy atom. The normalized spacial score (nSPS) is 19.2. The van der Waals surface area contributed by atoms with Crippen LogP contribution in [0, 0.1) is 11.2 Å². The molecule has 1 atom stereocenters. The lowest BCUT2D eigenvalue weighted by Gasteiger charge is -2.39. The fraction of sp³-hybridized carbons (Fsp3) is 0.742. The number of hydrogen-bond donors (Lipinski definition) is 0. The Morgan fingerprint density at radius 3 is 2.48 bits per heavy atom. The predicted octanol–water partition coefficient (Wildman–Crippen LogP) is 10.3. The van der Waals surface area contributed by atoms with Gasteiger partial charge in [-0.3, -0.25) is 0 Å². The van der Waals surface area contributed by atoms with Crippen LogP contribution in [0.3, 0.4) is 0 Å². The van der Waals surface area contributed by atoms with E-state index in [1.165, 1.54) is 108 Å². The van der Waals surface area contributed by atoms with Crippen LogP contribution in [0.4, 0.5) is 4.39 Å². The maximum Gasteiger partial charge on any atom is 0.165 e. The zero-order chi connectivity index (χ0) is 23.4. The number of benzene rings is 1. The molecular weight excluding hydrogens is 407 g/mol. The lowest BCUT2D eigenvalue weighted by atomic mass is 9.66. The Labute approximate surface area is 203 Å². The maximum atomic E-state index is 14.9. The zero-order valence-corrected chi connectivity index (χ0v) is 21.6. The van der Waals surface area contributed by atoms with E-state index in [-0.39, 0.29) is 5.82 Å². The molecule has 1 aromatic carbocycles.